The van der Waals surface area contributed by atoms with E-state index in [2.05, 4.69) is 91.2 Å². The second kappa shape index (κ2) is 13.1. The Labute approximate surface area is 306 Å². The smallest absolute Gasteiger partial charge is 0.0929 e. The average Bonchev–Trinajstić information content (AvgIpc) is 3.97. The van der Waals surface area contributed by atoms with Crippen molar-refractivity contribution in [2.45, 2.75) is 55.5 Å². The molecule has 6 aliphatic rings. The first kappa shape index (κ1) is 32.3. The third kappa shape index (κ3) is 5.98. The standard InChI is InChI=1S/C39H42N6S4/c1-38(36-42-14-18-48-36)22-29(34-40-12-16-46-34)27-20-25(8-10-31(27)44-38)33(24-6-4-3-5-7-24)26-9-11-32-28(21-26)30(35-41-13-17-47-35)23-39(2,45-32)37-43-15-19-49-37/h3-11,20-21,29-30,33,44-45H,12-19,22-23H2,1-2H3. The molecule has 0 fully saturated rings. The largest absolute Gasteiger partial charge is 0.373 e. The van der Waals surface area contributed by atoms with Gasteiger partial charge in [0, 0.05) is 78.3 Å². The molecule has 0 spiro atoms. The minimum Gasteiger partial charge on any atom is -0.373 e. The molecule has 4 atom stereocenters. The van der Waals surface area contributed by atoms with Crippen LogP contribution in [0, 0.1) is 0 Å². The molecule has 3 aromatic rings. The molecular weight excluding hydrogens is 681 g/mol. The van der Waals surface area contributed by atoms with Gasteiger partial charge >= 0.3 is 0 Å². The molecule has 49 heavy (non-hydrogen) atoms. The van der Waals surface area contributed by atoms with E-state index < -0.39 is 0 Å². The summed E-state index contributed by atoms with van der Waals surface area (Å²) in [6.07, 6.45) is 1.96. The molecule has 0 aromatic heterocycles. The molecule has 3 aromatic carbocycles. The number of nitrogens with one attached hydrogen (secondary N) is 2. The predicted molar refractivity (Wildman–Crippen MR) is 218 cm³/mol. The predicted octanol–water partition coefficient (Wildman–Crippen LogP) is 8.76. The fourth-order valence-electron chi connectivity index (χ4n) is 8.47. The zero-order chi connectivity index (χ0) is 33.0. The summed E-state index contributed by atoms with van der Waals surface area (Å²) in [5.74, 6) is 4.93. The van der Waals surface area contributed by atoms with E-state index in [1.54, 1.807) is 0 Å². The topological polar surface area (TPSA) is 73.5 Å². The summed E-state index contributed by atoms with van der Waals surface area (Å²) in [6.45, 7) is 8.34. The highest BCUT2D eigenvalue weighted by atomic mass is 32.2. The van der Waals surface area contributed by atoms with Crippen LogP contribution in [0.3, 0.4) is 0 Å². The maximum atomic E-state index is 5.05. The van der Waals surface area contributed by atoms with Crippen molar-refractivity contribution >= 4 is 78.6 Å². The maximum Gasteiger partial charge on any atom is 0.0929 e. The summed E-state index contributed by atoms with van der Waals surface area (Å²) in [6, 6.07) is 25.5. The van der Waals surface area contributed by atoms with E-state index in [4.69, 9.17) is 20.0 Å². The van der Waals surface area contributed by atoms with Crippen molar-refractivity contribution in [1.29, 1.82) is 0 Å². The van der Waals surface area contributed by atoms with E-state index in [1.165, 1.54) is 59.4 Å². The van der Waals surface area contributed by atoms with E-state index in [1.807, 2.05) is 47.0 Å². The lowest BCUT2D eigenvalue weighted by atomic mass is 9.76. The van der Waals surface area contributed by atoms with Crippen LogP contribution in [-0.4, -0.2) is 80.4 Å². The lowest BCUT2D eigenvalue weighted by Crippen LogP contribution is -2.47. The second-order valence-corrected chi connectivity index (χ2v) is 18.6. The number of hydrogen-bond acceptors (Lipinski definition) is 10. The normalized spacial score (nSPS) is 29.6. The van der Waals surface area contributed by atoms with Crippen molar-refractivity contribution in [1.82, 2.24) is 0 Å². The Morgan fingerprint density at radius 1 is 0.571 bits per heavy atom. The van der Waals surface area contributed by atoms with Gasteiger partial charge in [0.25, 0.3) is 0 Å². The second-order valence-electron chi connectivity index (χ2n) is 14.2. The van der Waals surface area contributed by atoms with Crippen LogP contribution in [0.4, 0.5) is 11.4 Å². The first-order chi connectivity index (χ1) is 24.0. The van der Waals surface area contributed by atoms with E-state index in [0.29, 0.717) is 0 Å². The Kier molecular flexibility index (Phi) is 8.66. The lowest BCUT2D eigenvalue weighted by molar-refractivity contribution is 0.572. The molecule has 0 aliphatic carbocycles. The maximum absolute atomic E-state index is 5.05. The van der Waals surface area contributed by atoms with Crippen LogP contribution in [0.25, 0.3) is 0 Å². The lowest BCUT2D eigenvalue weighted by Gasteiger charge is -2.42. The third-order valence-electron chi connectivity index (χ3n) is 10.7. The van der Waals surface area contributed by atoms with Crippen LogP contribution in [0.2, 0.25) is 0 Å². The number of rotatable bonds is 7. The summed E-state index contributed by atoms with van der Waals surface area (Å²) in [4.78, 5) is 20.0. The molecule has 0 amide bonds. The van der Waals surface area contributed by atoms with Gasteiger partial charge in [-0.15, -0.1) is 47.0 Å². The highest BCUT2D eigenvalue weighted by Gasteiger charge is 2.44. The van der Waals surface area contributed by atoms with Gasteiger partial charge in [0.15, 0.2) is 0 Å². The van der Waals surface area contributed by atoms with Crippen LogP contribution < -0.4 is 10.6 Å². The van der Waals surface area contributed by atoms with E-state index in [0.717, 1.165) is 62.0 Å². The van der Waals surface area contributed by atoms with Gasteiger partial charge in [-0.05, 0) is 66.6 Å². The van der Waals surface area contributed by atoms with Crippen LogP contribution in [-0.2, 0) is 0 Å². The molecule has 252 valence electrons. The number of hydrogen-bond donors (Lipinski definition) is 2. The van der Waals surface area contributed by atoms with Gasteiger partial charge in [-0.1, -0.05) is 54.6 Å². The molecular formula is C39H42N6S4. The quantitative estimate of drug-likeness (QED) is 0.238. The van der Waals surface area contributed by atoms with E-state index in [9.17, 15) is 0 Å². The molecule has 10 heteroatoms. The highest BCUT2D eigenvalue weighted by molar-refractivity contribution is 8.15. The molecule has 0 saturated carbocycles. The molecule has 0 radical (unpaired) electrons. The molecule has 6 heterocycles. The number of nitrogens with zero attached hydrogens (tertiary/aromatic N) is 4. The van der Waals surface area contributed by atoms with Crippen LogP contribution >= 0.6 is 47.0 Å². The number of benzene rings is 3. The third-order valence-corrected chi connectivity index (χ3v) is 15.3. The average molecular weight is 723 g/mol. The number of anilines is 2. The SMILES string of the molecule is CC1(C2=NCCS2)CC(C2=NCCS2)c2cc(C(c3ccccc3)c3ccc4c(c3)C(C3=NCCS3)CC(C)(C3=NCCS3)N4)ccc2N1. The monoisotopic (exact) mass is 722 g/mol. The number of thioether (sulfide) groups is 4. The minimum atomic E-state index is -0.177. The van der Waals surface area contributed by atoms with Gasteiger partial charge in [0.1, 0.15) is 0 Å². The zero-order valence-electron chi connectivity index (χ0n) is 28.1. The van der Waals surface area contributed by atoms with Crippen LogP contribution in [0.15, 0.2) is 86.7 Å². The molecule has 0 saturated heterocycles. The van der Waals surface area contributed by atoms with Gasteiger partial charge < -0.3 is 10.6 Å². The molecule has 6 nitrogen and oxygen atoms in total. The zero-order valence-corrected chi connectivity index (χ0v) is 31.3. The summed E-state index contributed by atoms with van der Waals surface area (Å²) < 4.78 is 0. The van der Waals surface area contributed by atoms with Crippen molar-refractivity contribution in [3.05, 3.63) is 94.5 Å². The fraction of sp³-hybridized carbons (Fsp3) is 0.436. The molecule has 9 rings (SSSR count). The number of aliphatic imine (C=N–C) groups is 4. The van der Waals surface area contributed by atoms with Crippen molar-refractivity contribution in [3.63, 3.8) is 0 Å². The fourth-order valence-corrected chi connectivity index (χ4v) is 12.5. The van der Waals surface area contributed by atoms with Crippen molar-refractivity contribution in [2.75, 3.05) is 59.8 Å². The van der Waals surface area contributed by atoms with Crippen LogP contribution in [0.5, 0.6) is 0 Å². The Balaban J connectivity index is 1.15. The Morgan fingerprint density at radius 2 is 1.04 bits per heavy atom. The van der Waals surface area contributed by atoms with Crippen molar-refractivity contribution < 1.29 is 0 Å². The molecule has 0 bridgehead atoms. The minimum absolute atomic E-state index is 0.0978. The van der Waals surface area contributed by atoms with Gasteiger partial charge in [-0.3, -0.25) is 20.0 Å². The summed E-state index contributed by atoms with van der Waals surface area (Å²) >= 11 is 7.72. The van der Waals surface area contributed by atoms with Gasteiger partial charge in [-0.2, -0.15) is 0 Å². The van der Waals surface area contributed by atoms with Crippen molar-refractivity contribution in [3.8, 4) is 0 Å². The first-order valence-electron chi connectivity index (χ1n) is 17.6. The summed E-state index contributed by atoms with van der Waals surface area (Å²) in [7, 11) is 0. The number of fused-ring (bicyclic) bond motifs is 2. The first-order valence-corrected chi connectivity index (χ1v) is 21.5. The van der Waals surface area contributed by atoms with Crippen LogP contribution in [0.1, 0.15) is 72.3 Å². The van der Waals surface area contributed by atoms with Gasteiger partial charge in [-0.25, -0.2) is 0 Å². The molecule has 4 unspecified atom stereocenters. The molecule has 6 aliphatic heterocycles. The summed E-state index contributed by atoms with van der Waals surface area (Å²) in [5.41, 5.74) is 8.78. The van der Waals surface area contributed by atoms with Crippen molar-refractivity contribution in [2.24, 2.45) is 20.0 Å². The molecule has 2 N–H and O–H groups in total. The van der Waals surface area contributed by atoms with E-state index in [-0.39, 0.29) is 28.8 Å². The van der Waals surface area contributed by atoms with E-state index >= 15 is 0 Å². The Hall–Kier alpha value is -2.66. The summed E-state index contributed by atoms with van der Waals surface area (Å²) in [5, 5.41) is 13.0. The Morgan fingerprint density at radius 3 is 1.47 bits per heavy atom. The van der Waals surface area contributed by atoms with Gasteiger partial charge in [0.2, 0.25) is 0 Å². The van der Waals surface area contributed by atoms with Gasteiger partial charge in [0.05, 0.1) is 31.3 Å². The Bertz CT molecular complexity index is 1790. The highest BCUT2D eigenvalue weighted by Crippen LogP contribution is 2.49.